The van der Waals surface area contributed by atoms with Crippen LogP contribution in [0, 0.1) is 23.2 Å². The van der Waals surface area contributed by atoms with Crippen LogP contribution >= 0.6 is 15.9 Å². The summed E-state index contributed by atoms with van der Waals surface area (Å²) in [5.74, 6) is 1.33. The second kappa shape index (κ2) is 8.19. The molecule has 0 radical (unpaired) electrons. The Morgan fingerprint density at radius 3 is 2.68 bits per heavy atom. The van der Waals surface area contributed by atoms with E-state index in [1.165, 1.54) is 5.56 Å². The van der Waals surface area contributed by atoms with Crippen molar-refractivity contribution in [3.8, 4) is 11.8 Å². The third-order valence-corrected chi connectivity index (χ3v) is 3.76. The summed E-state index contributed by atoms with van der Waals surface area (Å²) in [6.07, 6.45) is 0.943. The molecule has 0 heterocycles. The molecule has 0 saturated heterocycles. The number of ether oxygens (including phenoxy) is 1. The van der Waals surface area contributed by atoms with Crippen molar-refractivity contribution in [2.75, 3.05) is 20.2 Å². The molecule has 1 unspecified atom stereocenters. The smallest absolute Gasteiger partial charge is 0.133 e. The Balaban J connectivity index is 2.38. The molecule has 1 aromatic rings. The van der Waals surface area contributed by atoms with Gasteiger partial charge in [-0.15, -0.1) is 0 Å². The van der Waals surface area contributed by atoms with Crippen LogP contribution in [0.4, 0.5) is 0 Å². The Morgan fingerprint density at radius 1 is 1.42 bits per heavy atom. The van der Waals surface area contributed by atoms with Crippen LogP contribution in [0.3, 0.4) is 0 Å². The molecule has 1 atom stereocenters. The number of hydrogen-bond donors (Lipinski definition) is 1. The fourth-order valence-electron chi connectivity index (χ4n) is 1.79. The predicted octanol–water partition coefficient (Wildman–Crippen LogP) is 3.39. The quantitative estimate of drug-likeness (QED) is 0.782. The Hall–Kier alpha value is -1.05. The van der Waals surface area contributed by atoms with Gasteiger partial charge in [-0.1, -0.05) is 19.9 Å². The SMILES string of the molecule is COc1ccc(CCNCC(C#N)C(C)C)cc1Br. The van der Waals surface area contributed by atoms with Crippen LogP contribution in [0.2, 0.25) is 0 Å². The minimum Gasteiger partial charge on any atom is -0.496 e. The van der Waals surface area contributed by atoms with Gasteiger partial charge in [0, 0.05) is 6.54 Å². The van der Waals surface area contributed by atoms with E-state index in [2.05, 4.69) is 53.3 Å². The molecule has 1 N–H and O–H groups in total. The van der Waals surface area contributed by atoms with Gasteiger partial charge < -0.3 is 10.1 Å². The molecular formula is C15H21BrN2O. The van der Waals surface area contributed by atoms with Gasteiger partial charge in [-0.25, -0.2) is 0 Å². The summed E-state index contributed by atoms with van der Waals surface area (Å²) in [4.78, 5) is 0. The Bertz CT molecular complexity index is 440. The number of nitriles is 1. The Morgan fingerprint density at radius 2 is 2.16 bits per heavy atom. The van der Waals surface area contributed by atoms with Crippen LogP contribution in [0.25, 0.3) is 0 Å². The summed E-state index contributed by atoms with van der Waals surface area (Å²) in [6, 6.07) is 8.44. The van der Waals surface area contributed by atoms with Gasteiger partial charge in [0.25, 0.3) is 0 Å². The van der Waals surface area contributed by atoms with Crippen LogP contribution in [0.1, 0.15) is 19.4 Å². The van der Waals surface area contributed by atoms with Crippen molar-refractivity contribution >= 4 is 15.9 Å². The summed E-state index contributed by atoms with van der Waals surface area (Å²) in [5, 5.41) is 12.3. The number of nitrogens with one attached hydrogen (secondary N) is 1. The maximum atomic E-state index is 9.00. The van der Waals surface area contributed by atoms with Gasteiger partial charge >= 0.3 is 0 Å². The number of nitrogens with zero attached hydrogens (tertiary/aromatic N) is 1. The van der Waals surface area contributed by atoms with Crippen molar-refractivity contribution < 1.29 is 4.74 Å². The number of benzene rings is 1. The van der Waals surface area contributed by atoms with Crippen LogP contribution in [0.15, 0.2) is 22.7 Å². The zero-order valence-electron chi connectivity index (χ0n) is 11.7. The maximum absolute atomic E-state index is 9.00. The van der Waals surface area contributed by atoms with Gasteiger partial charge in [-0.05, 0) is 52.5 Å². The van der Waals surface area contributed by atoms with Gasteiger partial charge in [-0.3, -0.25) is 0 Å². The van der Waals surface area contributed by atoms with Crippen molar-refractivity contribution in [1.29, 1.82) is 5.26 Å². The Labute approximate surface area is 124 Å². The van der Waals surface area contributed by atoms with Crippen LogP contribution in [0.5, 0.6) is 5.75 Å². The number of halogens is 1. The van der Waals surface area contributed by atoms with E-state index in [1.807, 2.05) is 6.07 Å². The summed E-state index contributed by atoms with van der Waals surface area (Å²) in [7, 11) is 1.66. The number of rotatable bonds is 7. The standard InChI is InChI=1S/C15H21BrN2O/c1-11(2)13(9-17)10-18-7-6-12-4-5-15(19-3)14(16)8-12/h4-5,8,11,13,18H,6-7,10H2,1-3H3. The highest BCUT2D eigenvalue weighted by Crippen LogP contribution is 2.25. The predicted molar refractivity (Wildman–Crippen MR) is 81.2 cm³/mol. The summed E-state index contributed by atoms with van der Waals surface area (Å²) < 4.78 is 6.18. The molecular weight excluding hydrogens is 304 g/mol. The summed E-state index contributed by atoms with van der Waals surface area (Å²) in [6.45, 7) is 5.79. The molecule has 0 aliphatic carbocycles. The van der Waals surface area contributed by atoms with Crippen LogP contribution in [-0.2, 0) is 6.42 Å². The number of methoxy groups -OCH3 is 1. The van der Waals surface area contributed by atoms with Crippen molar-refractivity contribution in [1.82, 2.24) is 5.32 Å². The minimum absolute atomic E-state index is 0.0857. The largest absolute Gasteiger partial charge is 0.496 e. The molecule has 0 aliphatic rings. The molecule has 0 spiro atoms. The summed E-state index contributed by atoms with van der Waals surface area (Å²) in [5.41, 5.74) is 1.25. The first-order chi connectivity index (χ1) is 9.08. The molecule has 0 aliphatic heterocycles. The fourth-order valence-corrected chi connectivity index (χ4v) is 2.37. The van der Waals surface area contributed by atoms with Gasteiger partial charge in [0.1, 0.15) is 5.75 Å². The molecule has 104 valence electrons. The molecule has 3 nitrogen and oxygen atoms in total. The van der Waals surface area contributed by atoms with Crippen LogP contribution < -0.4 is 10.1 Å². The van der Waals surface area contributed by atoms with Gasteiger partial charge in [0.15, 0.2) is 0 Å². The molecule has 1 aromatic carbocycles. The first-order valence-corrected chi connectivity index (χ1v) is 7.30. The molecule has 0 aromatic heterocycles. The third kappa shape index (κ3) is 5.22. The maximum Gasteiger partial charge on any atom is 0.133 e. The second-order valence-electron chi connectivity index (χ2n) is 4.90. The monoisotopic (exact) mass is 324 g/mol. The lowest BCUT2D eigenvalue weighted by Crippen LogP contribution is -2.26. The molecule has 0 bridgehead atoms. The highest BCUT2D eigenvalue weighted by Gasteiger charge is 2.11. The van der Waals surface area contributed by atoms with Crippen molar-refractivity contribution in [3.63, 3.8) is 0 Å². The average molecular weight is 325 g/mol. The fraction of sp³-hybridized carbons (Fsp3) is 0.533. The van der Waals surface area contributed by atoms with Gasteiger partial charge in [0.05, 0.1) is 23.6 Å². The topological polar surface area (TPSA) is 45.0 Å². The summed E-state index contributed by atoms with van der Waals surface area (Å²) >= 11 is 3.48. The molecule has 0 fully saturated rings. The van der Waals surface area contributed by atoms with E-state index in [-0.39, 0.29) is 5.92 Å². The number of hydrogen-bond acceptors (Lipinski definition) is 3. The minimum atomic E-state index is 0.0857. The van der Waals surface area contributed by atoms with Crippen LogP contribution in [-0.4, -0.2) is 20.2 Å². The molecule has 0 saturated carbocycles. The average Bonchev–Trinajstić information content (AvgIpc) is 2.38. The first-order valence-electron chi connectivity index (χ1n) is 6.51. The highest BCUT2D eigenvalue weighted by atomic mass is 79.9. The van der Waals surface area contributed by atoms with E-state index in [0.717, 1.165) is 29.7 Å². The van der Waals surface area contributed by atoms with E-state index >= 15 is 0 Å². The normalized spacial score (nSPS) is 12.2. The van der Waals surface area contributed by atoms with E-state index in [1.54, 1.807) is 7.11 Å². The van der Waals surface area contributed by atoms with Crippen molar-refractivity contribution in [2.45, 2.75) is 20.3 Å². The molecule has 0 amide bonds. The van der Waals surface area contributed by atoms with E-state index in [9.17, 15) is 0 Å². The van der Waals surface area contributed by atoms with Crippen molar-refractivity contribution in [2.24, 2.45) is 11.8 Å². The lowest BCUT2D eigenvalue weighted by Gasteiger charge is -2.13. The third-order valence-electron chi connectivity index (χ3n) is 3.14. The van der Waals surface area contributed by atoms with E-state index < -0.39 is 0 Å². The lowest BCUT2D eigenvalue weighted by molar-refractivity contribution is 0.412. The van der Waals surface area contributed by atoms with Gasteiger partial charge in [-0.2, -0.15) is 5.26 Å². The van der Waals surface area contributed by atoms with E-state index in [4.69, 9.17) is 10.00 Å². The first kappa shape index (κ1) is 16.0. The second-order valence-corrected chi connectivity index (χ2v) is 5.76. The zero-order chi connectivity index (χ0) is 14.3. The Kier molecular flexibility index (Phi) is 6.90. The zero-order valence-corrected chi connectivity index (χ0v) is 13.3. The van der Waals surface area contributed by atoms with E-state index in [0.29, 0.717) is 5.92 Å². The molecule has 19 heavy (non-hydrogen) atoms. The van der Waals surface area contributed by atoms with Gasteiger partial charge in [0.2, 0.25) is 0 Å². The molecule has 4 heteroatoms. The molecule has 1 rings (SSSR count). The van der Waals surface area contributed by atoms with Crippen molar-refractivity contribution in [3.05, 3.63) is 28.2 Å². The lowest BCUT2D eigenvalue weighted by atomic mass is 9.97. The highest BCUT2D eigenvalue weighted by molar-refractivity contribution is 9.10.